The summed E-state index contributed by atoms with van der Waals surface area (Å²) in [6, 6.07) is 0.344. The number of rotatable bonds is 3. The molecule has 3 nitrogen and oxygen atoms in total. The molecule has 2 atom stereocenters. The van der Waals surface area contributed by atoms with Gasteiger partial charge in [0.15, 0.2) is 0 Å². The van der Waals surface area contributed by atoms with Crippen LogP contribution in [-0.2, 0) is 4.79 Å². The third-order valence-electron chi connectivity index (χ3n) is 3.07. The maximum Gasteiger partial charge on any atom is 0.406 e. The van der Waals surface area contributed by atoms with Crippen molar-refractivity contribution in [2.75, 3.05) is 19.6 Å². The highest BCUT2D eigenvalue weighted by molar-refractivity contribution is 5.79. The van der Waals surface area contributed by atoms with Gasteiger partial charge in [0.25, 0.3) is 0 Å². The van der Waals surface area contributed by atoms with Crippen LogP contribution in [0.4, 0.5) is 13.2 Å². The van der Waals surface area contributed by atoms with Gasteiger partial charge in [0.1, 0.15) is 6.54 Å². The van der Waals surface area contributed by atoms with E-state index in [1.807, 2.05) is 6.92 Å². The molecule has 0 aromatic heterocycles. The SMILES string of the molecule is CCN(CC(F)(F)F)C(=O)C1CCC(C)NC1. The Labute approximate surface area is 99.4 Å². The standard InChI is InChI=1S/C11H19F3N2O/c1-3-16(7-11(12,13)14)10(17)9-5-4-8(2)15-6-9/h8-9,15H,3-7H2,1-2H3. The Hall–Kier alpha value is -0.780. The maximum absolute atomic E-state index is 12.3. The van der Waals surface area contributed by atoms with Gasteiger partial charge in [-0.3, -0.25) is 4.79 Å². The lowest BCUT2D eigenvalue weighted by Gasteiger charge is -2.31. The van der Waals surface area contributed by atoms with Crippen molar-refractivity contribution in [1.82, 2.24) is 10.2 Å². The number of hydrogen-bond acceptors (Lipinski definition) is 2. The molecule has 6 heteroatoms. The molecule has 0 saturated carbocycles. The van der Waals surface area contributed by atoms with Gasteiger partial charge in [-0.05, 0) is 26.7 Å². The van der Waals surface area contributed by atoms with E-state index in [2.05, 4.69) is 5.32 Å². The molecule has 1 saturated heterocycles. The minimum absolute atomic E-state index is 0.102. The number of alkyl halides is 3. The molecule has 1 aliphatic rings. The predicted molar refractivity (Wildman–Crippen MR) is 58.5 cm³/mol. The third kappa shape index (κ3) is 4.53. The molecule has 2 unspecified atom stereocenters. The van der Waals surface area contributed by atoms with Crippen molar-refractivity contribution in [2.24, 2.45) is 5.92 Å². The average Bonchev–Trinajstić information content (AvgIpc) is 2.25. The van der Waals surface area contributed by atoms with Gasteiger partial charge in [-0.2, -0.15) is 13.2 Å². The third-order valence-corrected chi connectivity index (χ3v) is 3.07. The van der Waals surface area contributed by atoms with Crippen LogP contribution in [0.2, 0.25) is 0 Å². The van der Waals surface area contributed by atoms with Crippen molar-refractivity contribution in [3.8, 4) is 0 Å². The lowest BCUT2D eigenvalue weighted by Crippen LogP contribution is -2.48. The van der Waals surface area contributed by atoms with E-state index in [9.17, 15) is 18.0 Å². The molecule has 1 N–H and O–H groups in total. The number of carbonyl (C=O) groups is 1. The van der Waals surface area contributed by atoms with Crippen LogP contribution in [-0.4, -0.2) is 42.7 Å². The number of nitrogens with one attached hydrogen (secondary N) is 1. The molecule has 17 heavy (non-hydrogen) atoms. The Morgan fingerprint density at radius 1 is 1.41 bits per heavy atom. The number of hydrogen-bond donors (Lipinski definition) is 1. The van der Waals surface area contributed by atoms with Crippen molar-refractivity contribution in [2.45, 2.75) is 38.9 Å². The van der Waals surface area contributed by atoms with E-state index in [-0.39, 0.29) is 18.4 Å². The summed E-state index contributed by atoms with van der Waals surface area (Å²) >= 11 is 0. The maximum atomic E-state index is 12.3. The molecule has 0 aromatic carbocycles. The molecule has 1 heterocycles. The lowest BCUT2D eigenvalue weighted by molar-refractivity contribution is -0.163. The molecule has 0 spiro atoms. The van der Waals surface area contributed by atoms with Gasteiger partial charge < -0.3 is 10.2 Å². The molecule has 100 valence electrons. The smallest absolute Gasteiger partial charge is 0.334 e. The van der Waals surface area contributed by atoms with Crippen LogP contribution in [0.3, 0.4) is 0 Å². The molecule has 0 aromatic rings. The summed E-state index contributed by atoms with van der Waals surface area (Å²) in [5, 5.41) is 3.13. The Kier molecular flexibility index (Phi) is 4.80. The zero-order chi connectivity index (χ0) is 13.1. The molecule has 1 aliphatic heterocycles. The van der Waals surface area contributed by atoms with E-state index in [1.165, 1.54) is 0 Å². The highest BCUT2D eigenvalue weighted by Crippen LogP contribution is 2.21. The second-order valence-corrected chi connectivity index (χ2v) is 4.55. The summed E-state index contributed by atoms with van der Waals surface area (Å²) in [5.41, 5.74) is 0. The molecular formula is C11H19F3N2O. The van der Waals surface area contributed by atoms with Crippen LogP contribution in [0.25, 0.3) is 0 Å². The molecule has 1 rings (SSSR count). The summed E-state index contributed by atoms with van der Waals surface area (Å²) in [5.74, 6) is -0.697. The Morgan fingerprint density at radius 2 is 2.06 bits per heavy atom. The van der Waals surface area contributed by atoms with Gasteiger partial charge in [0.2, 0.25) is 5.91 Å². The summed E-state index contributed by atoms with van der Waals surface area (Å²) in [6.07, 6.45) is -2.82. The Balaban J connectivity index is 2.54. The van der Waals surface area contributed by atoms with Gasteiger partial charge in [0.05, 0.1) is 5.92 Å². The van der Waals surface area contributed by atoms with E-state index in [4.69, 9.17) is 0 Å². The van der Waals surface area contributed by atoms with E-state index >= 15 is 0 Å². The number of nitrogens with zero attached hydrogens (tertiary/aromatic N) is 1. The first kappa shape index (κ1) is 14.3. The Morgan fingerprint density at radius 3 is 2.47 bits per heavy atom. The van der Waals surface area contributed by atoms with E-state index in [0.717, 1.165) is 11.3 Å². The van der Waals surface area contributed by atoms with Crippen molar-refractivity contribution in [3.05, 3.63) is 0 Å². The van der Waals surface area contributed by atoms with Gasteiger partial charge in [-0.25, -0.2) is 0 Å². The predicted octanol–water partition coefficient (Wildman–Crippen LogP) is 1.79. The fourth-order valence-corrected chi connectivity index (χ4v) is 2.03. The van der Waals surface area contributed by atoms with E-state index in [0.29, 0.717) is 19.0 Å². The molecule has 0 radical (unpaired) electrons. The number of halogens is 3. The Bertz CT molecular complexity index is 260. The minimum atomic E-state index is -4.32. The number of piperidine rings is 1. The normalized spacial score (nSPS) is 25.7. The van der Waals surface area contributed by atoms with Crippen molar-refractivity contribution >= 4 is 5.91 Å². The fourth-order valence-electron chi connectivity index (χ4n) is 2.03. The van der Waals surface area contributed by atoms with Crippen LogP contribution in [0.15, 0.2) is 0 Å². The minimum Gasteiger partial charge on any atom is -0.334 e. The van der Waals surface area contributed by atoms with Gasteiger partial charge in [0, 0.05) is 19.1 Å². The second-order valence-electron chi connectivity index (χ2n) is 4.55. The lowest BCUT2D eigenvalue weighted by atomic mass is 9.94. The first-order valence-corrected chi connectivity index (χ1v) is 5.92. The zero-order valence-corrected chi connectivity index (χ0v) is 10.2. The van der Waals surface area contributed by atoms with Gasteiger partial charge in [-0.15, -0.1) is 0 Å². The van der Waals surface area contributed by atoms with Crippen LogP contribution in [0.1, 0.15) is 26.7 Å². The highest BCUT2D eigenvalue weighted by atomic mass is 19.4. The van der Waals surface area contributed by atoms with E-state index in [1.54, 1.807) is 6.92 Å². The largest absolute Gasteiger partial charge is 0.406 e. The molecule has 1 fully saturated rings. The molecular weight excluding hydrogens is 233 g/mol. The van der Waals surface area contributed by atoms with E-state index < -0.39 is 12.7 Å². The first-order chi connectivity index (χ1) is 7.83. The van der Waals surface area contributed by atoms with Gasteiger partial charge >= 0.3 is 6.18 Å². The summed E-state index contributed by atoms with van der Waals surface area (Å²) in [4.78, 5) is 12.8. The van der Waals surface area contributed by atoms with Crippen LogP contribution in [0.5, 0.6) is 0 Å². The number of amides is 1. The van der Waals surface area contributed by atoms with Gasteiger partial charge in [-0.1, -0.05) is 0 Å². The van der Waals surface area contributed by atoms with Crippen LogP contribution < -0.4 is 5.32 Å². The van der Waals surface area contributed by atoms with Crippen molar-refractivity contribution in [1.29, 1.82) is 0 Å². The highest BCUT2D eigenvalue weighted by Gasteiger charge is 2.35. The first-order valence-electron chi connectivity index (χ1n) is 5.92. The van der Waals surface area contributed by atoms with Crippen molar-refractivity contribution in [3.63, 3.8) is 0 Å². The monoisotopic (exact) mass is 252 g/mol. The zero-order valence-electron chi connectivity index (χ0n) is 10.2. The molecule has 0 bridgehead atoms. The van der Waals surface area contributed by atoms with Crippen LogP contribution in [0, 0.1) is 5.92 Å². The van der Waals surface area contributed by atoms with Crippen molar-refractivity contribution < 1.29 is 18.0 Å². The second kappa shape index (κ2) is 5.71. The molecule has 0 aliphatic carbocycles. The topological polar surface area (TPSA) is 32.3 Å². The summed E-state index contributed by atoms with van der Waals surface area (Å²) in [7, 11) is 0. The molecule has 1 amide bonds. The van der Waals surface area contributed by atoms with Crippen LogP contribution >= 0.6 is 0 Å². The quantitative estimate of drug-likeness (QED) is 0.830. The number of carbonyl (C=O) groups excluding carboxylic acids is 1. The summed E-state index contributed by atoms with van der Waals surface area (Å²) in [6.45, 7) is 3.02. The fraction of sp³-hybridized carbons (Fsp3) is 0.909. The average molecular weight is 252 g/mol. The summed E-state index contributed by atoms with van der Waals surface area (Å²) < 4.78 is 36.8.